The Bertz CT molecular complexity index is 637. The van der Waals surface area contributed by atoms with Gasteiger partial charge in [-0.05, 0) is 24.3 Å². The fraction of sp³-hybridized carbons (Fsp3) is 0. The van der Waals surface area contributed by atoms with Crippen LogP contribution >= 0.6 is 11.6 Å². The molecule has 0 saturated heterocycles. The normalized spacial score (nSPS) is 9.83. The maximum absolute atomic E-state index is 12.9. The third-order valence-corrected chi connectivity index (χ3v) is 2.49. The lowest BCUT2D eigenvalue weighted by molar-refractivity contribution is 0.481. The van der Waals surface area contributed by atoms with Gasteiger partial charge >= 0.3 is 0 Å². The topological polar surface area (TPSA) is 59.0 Å². The zero-order chi connectivity index (χ0) is 13.1. The van der Waals surface area contributed by atoms with E-state index in [0.29, 0.717) is 10.6 Å². The number of nitrogen functional groups attached to an aromatic ring is 1. The van der Waals surface area contributed by atoms with Gasteiger partial charge in [-0.2, -0.15) is 5.26 Å². The number of ether oxygens (including phenoxy) is 1. The first kappa shape index (κ1) is 12.2. The third kappa shape index (κ3) is 2.53. The number of benzene rings is 2. The maximum Gasteiger partial charge on any atom is 0.150 e. The van der Waals surface area contributed by atoms with Crippen molar-refractivity contribution in [3.8, 4) is 17.6 Å². The summed E-state index contributed by atoms with van der Waals surface area (Å²) in [7, 11) is 0. The van der Waals surface area contributed by atoms with E-state index in [2.05, 4.69) is 0 Å². The number of nitriles is 1. The van der Waals surface area contributed by atoms with Gasteiger partial charge in [-0.15, -0.1) is 0 Å². The molecule has 0 unspecified atom stereocenters. The van der Waals surface area contributed by atoms with E-state index in [1.807, 2.05) is 6.07 Å². The summed E-state index contributed by atoms with van der Waals surface area (Å²) in [6.07, 6.45) is 0. The van der Waals surface area contributed by atoms with Crippen LogP contribution in [0.3, 0.4) is 0 Å². The monoisotopic (exact) mass is 262 g/mol. The number of hydrogen-bond acceptors (Lipinski definition) is 3. The molecule has 18 heavy (non-hydrogen) atoms. The van der Waals surface area contributed by atoms with E-state index in [0.717, 1.165) is 6.07 Å². The van der Waals surface area contributed by atoms with Crippen molar-refractivity contribution in [3.05, 3.63) is 52.8 Å². The van der Waals surface area contributed by atoms with Gasteiger partial charge in [-0.25, -0.2) is 4.39 Å². The van der Waals surface area contributed by atoms with Crippen molar-refractivity contribution in [1.82, 2.24) is 0 Å². The van der Waals surface area contributed by atoms with Crippen LogP contribution in [0.15, 0.2) is 36.4 Å². The van der Waals surface area contributed by atoms with E-state index in [4.69, 9.17) is 27.3 Å². The highest BCUT2D eigenvalue weighted by Crippen LogP contribution is 2.31. The minimum Gasteiger partial charge on any atom is -0.454 e. The summed E-state index contributed by atoms with van der Waals surface area (Å²) in [6.45, 7) is 0. The zero-order valence-electron chi connectivity index (χ0n) is 9.15. The van der Waals surface area contributed by atoms with E-state index in [9.17, 15) is 4.39 Å². The molecule has 0 aliphatic carbocycles. The molecule has 0 fully saturated rings. The van der Waals surface area contributed by atoms with E-state index in [1.54, 1.807) is 6.07 Å². The zero-order valence-corrected chi connectivity index (χ0v) is 9.91. The molecular weight excluding hydrogens is 255 g/mol. The molecule has 2 N–H and O–H groups in total. The van der Waals surface area contributed by atoms with Crippen molar-refractivity contribution in [2.45, 2.75) is 0 Å². The SMILES string of the molecule is N#Cc1ccc(Cl)cc1Oc1ccc(F)cc1N. The minimum atomic E-state index is -0.452. The molecule has 2 aromatic rings. The van der Waals surface area contributed by atoms with Gasteiger partial charge in [0.2, 0.25) is 0 Å². The van der Waals surface area contributed by atoms with E-state index >= 15 is 0 Å². The van der Waals surface area contributed by atoms with Crippen LogP contribution in [-0.4, -0.2) is 0 Å². The highest BCUT2D eigenvalue weighted by molar-refractivity contribution is 6.30. The Morgan fingerprint density at radius 2 is 1.94 bits per heavy atom. The quantitative estimate of drug-likeness (QED) is 0.839. The number of hydrogen-bond donors (Lipinski definition) is 1. The summed E-state index contributed by atoms with van der Waals surface area (Å²) in [5.74, 6) is 0.102. The Kier molecular flexibility index (Phi) is 3.35. The molecule has 5 heteroatoms. The third-order valence-electron chi connectivity index (χ3n) is 2.26. The second-order valence-corrected chi connectivity index (χ2v) is 3.97. The summed E-state index contributed by atoms with van der Waals surface area (Å²) >= 11 is 5.82. The first-order chi connectivity index (χ1) is 8.60. The smallest absolute Gasteiger partial charge is 0.150 e. The number of halogens is 2. The van der Waals surface area contributed by atoms with Crippen molar-refractivity contribution in [3.63, 3.8) is 0 Å². The fourth-order valence-electron chi connectivity index (χ4n) is 1.40. The average Bonchev–Trinajstić information content (AvgIpc) is 2.33. The minimum absolute atomic E-state index is 0.152. The van der Waals surface area contributed by atoms with Crippen LogP contribution in [0.2, 0.25) is 5.02 Å². The van der Waals surface area contributed by atoms with Crippen molar-refractivity contribution in [1.29, 1.82) is 5.26 Å². The standard InChI is InChI=1S/C13H8ClFN2O/c14-9-2-1-8(7-16)13(5-9)18-12-4-3-10(15)6-11(12)17/h1-6H,17H2. The van der Waals surface area contributed by atoms with Crippen LogP contribution in [0, 0.1) is 17.1 Å². The van der Waals surface area contributed by atoms with Crippen LogP contribution < -0.4 is 10.5 Å². The van der Waals surface area contributed by atoms with Crippen molar-refractivity contribution in [2.75, 3.05) is 5.73 Å². The van der Waals surface area contributed by atoms with Crippen molar-refractivity contribution in [2.24, 2.45) is 0 Å². The lowest BCUT2D eigenvalue weighted by atomic mass is 10.2. The Balaban J connectivity index is 2.40. The molecule has 0 amide bonds. The predicted molar refractivity (Wildman–Crippen MR) is 67.1 cm³/mol. The number of anilines is 1. The lowest BCUT2D eigenvalue weighted by Crippen LogP contribution is -1.94. The second kappa shape index (κ2) is 4.94. The molecule has 0 aliphatic rings. The maximum atomic E-state index is 12.9. The van der Waals surface area contributed by atoms with Gasteiger partial charge in [0.1, 0.15) is 17.6 Å². The molecule has 0 atom stereocenters. The number of rotatable bonds is 2. The molecule has 0 spiro atoms. The Labute approximate surface area is 108 Å². The molecule has 0 aliphatic heterocycles. The van der Waals surface area contributed by atoms with Gasteiger partial charge in [0.25, 0.3) is 0 Å². The predicted octanol–water partition coefficient (Wildman–Crippen LogP) is 3.73. The van der Waals surface area contributed by atoms with Crippen molar-refractivity contribution >= 4 is 17.3 Å². The molecule has 0 heterocycles. The molecule has 2 rings (SSSR count). The molecular formula is C13H8ClFN2O. The highest BCUT2D eigenvalue weighted by Gasteiger charge is 2.08. The highest BCUT2D eigenvalue weighted by atomic mass is 35.5. The Hall–Kier alpha value is -2.25. The Morgan fingerprint density at radius 1 is 1.17 bits per heavy atom. The van der Waals surface area contributed by atoms with E-state index < -0.39 is 5.82 Å². The summed E-state index contributed by atoms with van der Waals surface area (Å²) in [5.41, 5.74) is 6.09. The van der Waals surface area contributed by atoms with Crippen LogP contribution in [-0.2, 0) is 0 Å². The van der Waals surface area contributed by atoms with Gasteiger partial charge in [0.15, 0.2) is 5.75 Å². The summed E-state index contributed by atoms with van der Waals surface area (Å²) < 4.78 is 18.4. The van der Waals surface area contributed by atoms with Gasteiger partial charge in [-0.1, -0.05) is 11.6 Å². The molecule has 90 valence electrons. The largest absolute Gasteiger partial charge is 0.454 e. The Morgan fingerprint density at radius 3 is 2.61 bits per heavy atom. The van der Waals surface area contributed by atoms with Gasteiger partial charge in [0.05, 0.1) is 11.3 Å². The fourth-order valence-corrected chi connectivity index (χ4v) is 1.57. The molecule has 0 radical (unpaired) electrons. The summed E-state index contributed by atoms with van der Waals surface area (Å²) in [6, 6.07) is 10.4. The molecule has 2 aromatic carbocycles. The summed E-state index contributed by atoms with van der Waals surface area (Å²) in [4.78, 5) is 0. The first-order valence-electron chi connectivity index (χ1n) is 5.02. The second-order valence-electron chi connectivity index (χ2n) is 3.54. The average molecular weight is 263 g/mol. The summed E-state index contributed by atoms with van der Waals surface area (Å²) in [5, 5.41) is 9.37. The molecule has 0 bridgehead atoms. The van der Waals surface area contributed by atoms with Crippen molar-refractivity contribution < 1.29 is 9.13 Å². The molecule has 0 saturated carbocycles. The molecule has 0 aromatic heterocycles. The van der Waals surface area contributed by atoms with E-state index in [-0.39, 0.29) is 17.2 Å². The van der Waals surface area contributed by atoms with Crippen LogP contribution in [0.25, 0.3) is 0 Å². The number of nitrogens with two attached hydrogens (primary N) is 1. The van der Waals surface area contributed by atoms with Gasteiger partial charge < -0.3 is 10.5 Å². The van der Waals surface area contributed by atoms with Crippen LogP contribution in [0.1, 0.15) is 5.56 Å². The number of nitrogens with zero attached hydrogens (tertiary/aromatic N) is 1. The first-order valence-corrected chi connectivity index (χ1v) is 5.40. The molecule has 3 nitrogen and oxygen atoms in total. The van der Waals surface area contributed by atoms with E-state index in [1.165, 1.54) is 24.3 Å². The van der Waals surface area contributed by atoms with Crippen LogP contribution in [0.5, 0.6) is 11.5 Å². The van der Waals surface area contributed by atoms with Gasteiger partial charge in [-0.3, -0.25) is 0 Å². The lowest BCUT2D eigenvalue weighted by Gasteiger charge is -2.09. The van der Waals surface area contributed by atoms with Crippen LogP contribution in [0.4, 0.5) is 10.1 Å². The van der Waals surface area contributed by atoms with Gasteiger partial charge in [0, 0.05) is 17.2 Å².